The monoisotopic (exact) mass is 1810 g/mol. The van der Waals surface area contributed by atoms with Crippen LogP contribution in [-0.4, -0.2) is 211 Å². The van der Waals surface area contributed by atoms with Gasteiger partial charge in [-0.3, -0.25) is 68.7 Å². The van der Waals surface area contributed by atoms with Gasteiger partial charge in [0.2, 0.25) is 5.91 Å². The van der Waals surface area contributed by atoms with Crippen molar-refractivity contribution in [3.63, 3.8) is 0 Å². The first-order valence-electron chi connectivity index (χ1n) is 46.7. The van der Waals surface area contributed by atoms with Crippen LogP contribution in [0, 0.1) is 5.92 Å². The number of piperidine rings is 2. The van der Waals surface area contributed by atoms with E-state index in [1.54, 1.807) is 72.8 Å². The average molecular weight is 1810 g/mol. The van der Waals surface area contributed by atoms with Crippen LogP contribution < -0.4 is 21.1 Å². The number of rotatable bonds is 32. The molecule has 0 spiro atoms. The predicted octanol–water partition coefficient (Wildman–Crippen LogP) is 17.8. The summed E-state index contributed by atoms with van der Waals surface area (Å²) in [7, 11) is 6.28. The molecule has 0 bridgehead atoms. The molecular weight excluding hydrogens is 1690 g/mol. The summed E-state index contributed by atoms with van der Waals surface area (Å²) < 4.78 is 18.2. The number of likely N-dealkylation sites (tertiary alicyclic amines) is 3. The van der Waals surface area contributed by atoms with Crippen LogP contribution in [0.1, 0.15) is 140 Å². The Labute approximate surface area is 789 Å². The lowest BCUT2D eigenvalue weighted by molar-refractivity contribution is -0.902. The van der Waals surface area contributed by atoms with E-state index in [-0.39, 0.29) is 59.5 Å². The number of primary amides is 1. The van der Waals surface area contributed by atoms with Crippen LogP contribution >= 0.6 is 0 Å². The van der Waals surface area contributed by atoms with Crippen LogP contribution in [0.3, 0.4) is 0 Å². The highest BCUT2D eigenvalue weighted by Gasteiger charge is 2.50. The van der Waals surface area contributed by atoms with Crippen molar-refractivity contribution in [2.75, 3.05) is 117 Å². The Morgan fingerprint density at radius 1 is 0.400 bits per heavy atom. The summed E-state index contributed by atoms with van der Waals surface area (Å²) in [4.78, 5) is 128. The Morgan fingerprint density at radius 2 is 0.778 bits per heavy atom. The molecule has 1 atom stereocenters. The Kier molecular flexibility index (Phi) is 30.6. The maximum atomic E-state index is 13.3. The molecule has 0 radical (unpaired) electrons. The Balaban J connectivity index is 0.000000147. The van der Waals surface area contributed by atoms with E-state index in [0.29, 0.717) is 83.6 Å². The minimum absolute atomic E-state index is 0.0703. The molecule has 12 aromatic rings. The molecule has 6 aliphatic rings. The normalized spacial score (nSPS) is 15.9. The molecule has 9 amide bonds. The van der Waals surface area contributed by atoms with Gasteiger partial charge in [0.05, 0.1) is 78.5 Å². The zero-order valence-electron chi connectivity index (χ0n) is 76.8. The zero-order valence-corrected chi connectivity index (χ0v) is 76.8. The number of benzene rings is 12. The minimum Gasteiger partial charge on any atom is -0.494 e. The van der Waals surface area contributed by atoms with E-state index in [1.807, 2.05) is 189 Å². The number of fused-ring (bicyclic) bond motifs is 3. The second-order valence-corrected chi connectivity index (χ2v) is 36.2. The number of imide groups is 3. The summed E-state index contributed by atoms with van der Waals surface area (Å²) in [6.07, 6.45) is 4.39. The molecule has 23 nitrogen and oxygen atoms in total. The largest absolute Gasteiger partial charge is 0.494 e. The summed E-state index contributed by atoms with van der Waals surface area (Å²) in [5.41, 5.74) is 21.8. The maximum absolute atomic E-state index is 13.3. The van der Waals surface area contributed by atoms with Gasteiger partial charge in [-0.2, -0.15) is 0 Å². The van der Waals surface area contributed by atoms with Gasteiger partial charge in [0.1, 0.15) is 29.9 Å². The van der Waals surface area contributed by atoms with Crippen molar-refractivity contribution in [2.24, 2.45) is 11.7 Å². The van der Waals surface area contributed by atoms with Crippen LogP contribution in [0.2, 0.25) is 0 Å². The highest BCUT2D eigenvalue weighted by Crippen LogP contribution is 2.44. The Morgan fingerprint density at radius 3 is 1.24 bits per heavy atom. The SMILES string of the molecule is CN(CCN1C(=O)c2ccccc2C1=O)Cc1ccc(CN2CCC(OC(=O)Nc3ccccc3-c3ccccc3)CC2)cc1.C[N+](C)(CCN1C(=O)c2ccccc2C1=O)Cc1ccccc1CN1CCC(OC(=O)Nc2ccccc2-c2ccccc2)CC1.NC(=O)C(c1ccccc1)(c1ccccc1)C1CCN(CCc2ccc(OCCCN3C(=O)c4ccccc4C3=O)cc2)C1. The molecule has 3 fully saturated rings. The van der Waals surface area contributed by atoms with Crippen molar-refractivity contribution >= 4 is 64.9 Å². The number of nitrogens with one attached hydrogen (secondary N) is 2. The molecular formula is C112H116N11O12+. The molecule has 3 saturated heterocycles. The highest BCUT2D eigenvalue weighted by molar-refractivity contribution is 6.23. The minimum atomic E-state index is -0.879. The summed E-state index contributed by atoms with van der Waals surface area (Å²) in [6, 6.07) is 102. The van der Waals surface area contributed by atoms with Gasteiger partial charge in [0.25, 0.3) is 35.4 Å². The quantitative estimate of drug-likeness (QED) is 0.0201. The molecule has 0 aromatic heterocycles. The van der Waals surface area contributed by atoms with Gasteiger partial charge < -0.3 is 34.2 Å². The first-order chi connectivity index (χ1) is 65.7. The second-order valence-electron chi connectivity index (χ2n) is 36.2. The lowest BCUT2D eigenvalue weighted by atomic mass is 9.64. The van der Waals surface area contributed by atoms with E-state index in [9.17, 15) is 43.2 Å². The lowest BCUT2D eigenvalue weighted by Gasteiger charge is -2.37. The number of hydrogen-bond donors (Lipinski definition) is 3. The van der Waals surface area contributed by atoms with Crippen LogP contribution in [0.15, 0.2) is 315 Å². The second kappa shape index (κ2) is 44.0. The van der Waals surface area contributed by atoms with Crippen molar-refractivity contribution in [2.45, 2.75) is 88.7 Å². The van der Waals surface area contributed by atoms with Gasteiger partial charge in [-0.25, -0.2) is 9.59 Å². The van der Waals surface area contributed by atoms with E-state index < -0.39 is 17.6 Å². The third-order valence-corrected chi connectivity index (χ3v) is 26.5. The van der Waals surface area contributed by atoms with Crippen LogP contribution in [0.5, 0.6) is 5.75 Å². The number of quaternary nitrogens is 1. The van der Waals surface area contributed by atoms with Crippen molar-refractivity contribution < 1.29 is 61.8 Å². The van der Waals surface area contributed by atoms with Crippen molar-refractivity contribution in [3.05, 3.63) is 388 Å². The zero-order chi connectivity index (χ0) is 93.8. The number of nitrogens with zero attached hydrogens (tertiary/aromatic N) is 8. The number of anilines is 2. The van der Waals surface area contributed by atoms with Gasteiger partial charge in [-0.1, -0.05) is 255 Å². The van der Waals surface area contributed by atoms with Crippen LogP contribution in [0.4, 0.5) is 21.0 Å². The van der Waals surface area contributed by atoms with Crippen LogP contribution in [0.25, 0.3) is 22.3 Å². The van der Waals surface area contributed by atoms with Gasteiger partial charge in [0, 0.05) is 95.2 Å². The number of carbonyl (C=O) groups is 9. The predicted molar refractivity (Wildman–Crippen MR) is 524 cm³/mol. The molecule has 6 heterocycles. The molecule has 0 aliphatic carbocycles. The molecule has 6 aliphatic heterocycles. The Hall–Kier alpha value is -14.3. The maximum Gasteiger partial charge on any atom is 0.411 e. The number of likely N-dealkylation sites (N-methyl/N-ethyl adjacent to an activating group) is 2. The Bertz CT molecular complexity index is 6020. The summed E-state index contributed by atoms with van der Waals surface area (Å²) in [6.45, 7) is 11.9. The molecule has 0 saturated carbocycles. The van der Waals surface area contributed by atoms with Gasteiger partial charge >= 0.3 is 12.2 Å². The lowest BCUT2D eigenvalue weighted by Crippen LogP contribution is -2.49. The average Bonchev–Trinajstić information content (AvgIpc) is 1.58. The van der Waals surface area contributed by atoms with E-state index in [4.69, 9.17) is 19.9 Å². The van der Waals surface area contributed by atoms with E-state index in [1.165, 1.54) is 42.5 Å². The van der Waals surface area contributed by atoms with E-state index in [0.717, 1.165) is 161 Å². The number of ether oxygens (including phenoxy) is 3. The summed E-state index contributed by atoms with van der Waals surface area (Å²) in [5, 5.41) is 5.90. The smallest absolute Gasteiger partial charge is 0.411 e. The first kappa shape index (κ1) is 93.9. The molecule has 23 heteroatoms. The molecule has 135 heavy (non-hydrogen) atoms. The fourth-order valence-electron chi connectivity index (χ4n) is 19.3. The molecule has 18 rings (SSSR count). The first-order valence-corrected chi connectivity index (χ1v) is 46.7. The highest BCUT2D eigenvalue weighted by atomic mass is 16.6. The topological polar surface area (TPSA) is 254 Å². The van der Waals surface area contributed by atoms with Gasteiger partial charge in [-0.05, 0) is 170 Å². The fraction of sp³-hybridized carbons (Fsp3) is 0.277. The number of amides is 9. The van der Waals surface area contributed by atoms with Crippen molar-refractivity contribution in [3.8, 4) is 28.0 Å². The molecule has 690 valence electrons. The third kappa shape index (κ3) is 23.0. The summed E-state index contributed by atoms with van der Waals surface area (Å²) >= 11 is 0. The summed E-state index contributed by atoms with van der Waals surface area (Å²) in [5.74, 6) is -0.782. The number of nitrogens with two attached hydrogens (primary N) is 1. The van der Waals surface area contributed by atoms with Gasteiger partial charge in [0.15, 0.2) is 0 Å². The fourth-order valence-corrected chi connectivity index (χ4v) is 19.3. The van der Waals surface area contributed by atoms with E-state index in [2.05, 4.69) is 105 Å². The number of hydrogen-bond acceptors (Lipinski definition) is 16. The van der Waals surface area contributed by atoms with Gasteiger partial charge in [-0.15, -0.1) is 0 Å². The molecule has 12 aromatic carbocycles. The molecule has 4 N–H and O–H groups in total. The van der Waals surface area contributed by atoms with Crippen molar-refractivity contribution in [1.29, 1.82) is 0 Å². The molecule has 1 unspecified atom stereocenters. The third-order valence-electron chi connectivity index (χ3n) is 26.5. The van der Waals surface area contributed by atoms with Crippen molar-refractivity contribution in [1.82, 2.24) is 34.3 Å². The standard InChI is InChI=1S/C38H40N4O4.C37H38N4O4.C37H37N3O4/c1-42(2,25-24-41-36(43)33-17-8-9-18-34(33)37(41)44)27-30-15-7-6-14-29(30)26-40-22-20-31(21-23-40)46-38(45)39-35-19-11-10-16-32(35)28-12-4-3-5-13-28;1-39(23-24-41-35(42)32-12-5-6-13-33(32)36(41)43)25-27-15-17-28(18-16-27)26-40-21-19-30(20-22-40)45-37(44)38-34-14-8-7-11-31(34)29-9-3-2-4-10-29;38-36(43)37(28-10-3-1-4-11-28,29-12-5-2-6-13-29)30-21-24-39(26-30)23-20-27-16-18-31(19-17-27)44-25-9-22-40-34(41)32-14-7-8-15-33(32)35(40)42/h3-19,31H,20-27H2,1-2H3;2-18,30H,19-26H2,1H3,(H,38,44);1-8,10-19,30H,9,20-26H2,(H2,38,43)/p+1. The van der Waals surface area contributed by atoms with E-state index >= 15 is 0 Å². The number of carbonyl (C=O) groups excluding carboxylic acids is 9. The van der Waals surface area contributed by atoms with Crippen LogP contribution in [-0.2, 0) is 52.3 Å². The number of para-hydroxylation sites is 2.